The first-order valence-electron chi connectivity index (χ1n) is 22.3. The Bertz CT molecular complexity index is 2590. The summed E-state index contributed by atoms with van der Waals surface area (Å²) in [6, 6.07) is 15.8. The summed E-state index contributed by atoms with van der Waals surface area (Å²) in [6.07, 6.45) is 9.22. The molecule has 318 valence electrons. The minimum atomic E-state index is -0.213. The van der Waals surface area contributed by atoms with Crippen LogP contribution < -0.4 is 0 Å². The van der Waals surface area contributed by atoms with Crippen molar-refractivity contribution in [3.05, 3.63) is 139 Å². The molecule has 6 rings (SSSR count). The van der Waals surface area contributed by atoms with E-state index in [2.05, 4.69) is 71.3 Å². The van der Waals surface area contributed by atoms with E-state index < -0.39 is 0 Å². The minimum absolute atomic E-state index is 0.191. The van der Waals surface area contributed by atoms with Gasteiger partial charge in [0.15, 0.2) is 23.1 Å². The molecule has 0 aliphatic carbocycles. The van der Waals surface area contributed by atoms with Gasteiger partial charge in [-0.1, -0.05) is 91.5 Å². The number of rotatable bonds is 18. The highest BCUT2D eigenvalue weighted by molar-refractivity contribution is 6.14. The number of ketones is 4. The van der Waals surface area contributed by atoms with Crippen molar-refractivity contribution in [3.8, 4) is 46.2 Å². The number of hydrogen-bond acceptors (Lipinski definition) is 4. The Labute approximate surface area is 366 Å². The average Bonchev–Trinajstić information content (AvgIpc) is 4.09. The quantitative estimate of drug-likeness (QED) is 0.0390. The number of hydrogen-bond donors (Lipinski definition) is 4. The highest BCUT2D eigenvalue weighted by Crippen LogP contribution is 2.33. The number of H-pyrrole nitrogens is 4. The molecule has 8 heteroatoms. The number of benzene rings is 2. The molecule has 4 heterocycles. The van der Waals surface area contributed by atoms with Gasteiger partial charge in [-0.3, -0.25) is 19.2 Å². The number of aryl methyl sites for hydroxylation is 2. The van der Waals surface area contributed by atoms with Gasteiger partial charge in [-0.05, 0) is 143 Å². The first kappa shape index (κ1) is 44.9. The van der Waals surface area contributed by atoms with E-state index in [-0.39, 0.29) is 36.0 Å². The van der Waals surface area contributed by atoms with Gasteiger partial charge in [-0.25, -0.2) is 0 Å². The van der Waals surface area contributed by atoms with Crippen LogP contribution in [0.2, 0.25) is 0 Å². The summed E-state index contributed by atoms with van der Waals surface area (Å²) in [6.45, 7) is 16.4. The Kier molecular flexibility index (Phi) is 14.7. The van der Waals surface area contributed by atoms with Crippen LogP contribution in [0.1, 0.15) is 166 Å². The third-order valence-electron chi connectivity index (χ3n) is 12.0. The molecule has 0 aliphatic heterocycles. The van der Waals surface area contributed by atoms with Gasteiger partial charge in [0, 0.05) is 34.9 Å². The molecule has 0 amide bonds. The number of Topliss-reactive ketones (excluding diaryl/α,β-unsaturated/α-hetero) is 4. The lowest BCUT2D eigenvalue weighted by atomic mass is 9.96. The fourth-order valence-corrected chi connectivity index (χ4v) is 8.97. The molecular formula is C54H58N4O4. The molecule has 0 fully saturated rings. The van der Waals surface area contributed by atoms with Gasteiger partial charge in [0.2, 0.25) is 0 Å². The van der Waals surface area contributed by atoms with E-state index in [1.165, 1.54) is 0 Å². The number of aromatic nitrogens is 4. The van der Waals surface area contributed by atoms with Crippen LogP contribution in [0.25, 0.3) is 22.5 Å². The first-order valence-corrected chi connectivity index (χ1v) is 22.3. The fraction of sp³-hybridized carbons (Fsp3) is 0.333. The summed E-state index contributed by atoms with van der Waals surface area (Å²) in [5.74, 6) is 11.6. The predicted octanol–water partition coefficient (Wildman–Crippen LogP) is 11.1. The summed E-state index contributed by atoms with van der Waals surface area (Å²) in [5, 5.41) is 0. The highest BCUT2D eigenvalue weighted by Gasteiger charge is 2.27. The Morgan fingerprint density at radius 3 is 1.13 bits per heavy atom. The number of aromatic amines is 4. The summed E-state index contributed by atoms with van der Waals surface area (Å²) >= 11 is 0. The molecule has 0 spiro atoms. The summed E-state index contributed by atoms with van der Waals surface area (Å²) in [5.41, 5.74) is 15.4. The molecule has 2 aromatic carbocycles. The smallest absolute Gasteiger partial charge is 0.187 e. The molecule has 4 aromatic heterocycles. The standard InChI is InChI=1S/C54H58N4O4/c1-9-35-31-55-51(39(35)11-3)45(59)29-47(61)53-43(15-7)41(13-5)49(57-53)37-25-19-23-33(27-37)21-17-18-22-34-24-20-26-38(28-34)50-42(14-6)44(16-8)54(58-50)48(62)30-46(60)52-40(12-4)36(10-2)32-56-52/h19-20,23-28,31-32,55-58H,9-16,29-30H2,1-8H3. The third-order valence-corrected chi connectivity index (χ3v) is 12.0. The zero-order valence-corrected chi connectivity index (χ0v) is 37.5. The van der Waals surface area contributed by atoms with E-state index in [1.54, 1.807) is 0 Å². The van der Waals surface area contributed by atoms with Crippen LogP contribution in [-0.4, -0.2) is 43.1 Å². The van der Waals surface area contributed by atoms with E-state index in [1.807, 2.05) is 88.6 Å². The van der Waals surface area contributed by atoms with Crippen LogP contribution in [0.15, 0.2) is 60.9 Å². The van der Waals surface area contributed by atoms with E-state index >= 15 is 0 Å². The zero-order chi connectivity index (χ0) is 44.5. The van der Waals surface area contributed by atoms with Gasteiger partial charge in [0.05, 0.1) is 35.6 Å². The van der Waals surface area contributed by atoms with Crippen LogP contribution >= 0.6 is 0 Å². The van der Waals surface area contributed by atoms with Crippen molar-refractivity contribution in [2.24, 2.45) is 0 Å². The van der Waals surface area contributed by atoms with Gasteiger partial charge >= 0.3 is 0 Å². The van der Waals surface area contributed by atoms with Gasteiger partial charge in [-0.15, -0.1) is 0 Å². The second-order valence-electron chi connectivity index (χ2n) is 15.5. The van der Waals surface area contributed by atoms with Crippen LogP contribution in [0.5, 0.6) is 0 Å². The maximum Gasteiger partial charge on any atom is 0.187 e. The molecule has 0 aliphatic rings. The Morgan fingerprint density at radius 2 is 0.790 bits per heavy atom. The fourth-order valence-electron chi connectivity index (χ4n) is 8.97. The van der Waals surface area contributed by atoms with E-state index in [0.717, 1.165) is 117 Å². The van der Waals surface area contributed by atoms with Crippen molar-refractivity contribution in [2.75, 3.05) is 0 Å². The molecule has 4 N–H and O–H groups in total. The van der Waals surface area contributed by atoms with Gasteiger partial charge in [-0.2, -0.15) is 0 Å². The van der Waals surface area contributed by atoms with Crippen molar-refractivity contribution in [1.29, 1.82) is 0 Å². The highest BCUT2D eigenvalue weighted by atomic mass is 16.2. The van der Waals surface area contributed by atoms with Gasteiger partial charge in [0.25, 0.3) is 0 Å². The molecular weight excluding hydrogens is 769 g/mol. The Balaban J connectivity index is 1.21. The molecule has 0 atom stereocenters. The van der Waals surface area contributed by atoms with E-state index in [0.29, 0.717) is 35.6 Å². The second-order valence-corrected chi connectivity index (χ2v) is 15.5. The van der Waals surface area contributed by atoms with Gasteiger partial charge in [0.1, 0.15) is 0 Å². The van der Waals surface area contributed by atoms with Crippen molar-refractivity contribution >= 4 is 23.1 Å². The maximum absolute atomic E-state index is 13.7. The van der Waals surface area contributed by atoms with Crippen LogP contribution in [-0.2, 0) is 51.4 Å². The molecule has 0 radical (unpaired) electrons. The summed E-state index contributed by atoms with van der Waals surface area (Å²) < 4.78 is 0. The van der Waals surface area contributed by atoms with Crippen molar-refractivity contribution in [1.82, 2.24) is 19.9 Å². The predicted molar refractivity (Wildman–Crippen MR) is 249 cm³/mol. The molecule has 0 unspecified atom stereocenters. The largest absolute Gasteiger partial charge is 0.358 e. The number of nitrogens with one attached hydrogen (secondary N) is 4. The summed E-state index contributed by atoms with van der Waals surface area (Å²) in [7, 11) is 0. The summed E-state index contributed by atoms with van der Waals surface area (Å²) in [4.78, 5) is 67.3. The van der Waals surface area contributed by atoms with Crippen molar-refractivity contribution < 1.29 is 19.2 Å². The maximum atomic E-state index is 13.7. The van der Waals surface area contributed by atoms with E-state index in [9.17, 15) is 19.2 Å². The molecule has 6 aromatic rings. The topological polar surface area (TPSA) is 131 Å². The molecule has 62 heavy (non-hydrogen) atoms. The van der Waals surface area contributed by atoms with Crippen molar-refractivity contribution in [3.63, 3.8) is 0 Å². The van der Waals surface area contributed by atoms with Crippen LogP contribution in [0.3, 0.4) is 0 Å². The van der Waals surface area contributed by atoms with Gasteiger partial charge < -0.3 is 19.9 Å². The monoisotopic (exact) mass is 826 g/mol. The lowest BCUT2D eigenvalue weighted by Crippen LogP contribution is -2.12. The Morgan fingerprint density at radius 1 is 0.435 bits per heavy atom. The SMILES string of the molecule is CCc1c[nH]c(C(=O)CC(=O)c2[nH]c(-c3cccc(C#CC#Cc4cccc(-c5[nH]c(C(=O)CC(=O)c6[nH]cc(CC)c6CC)c(CC)c5CC)c4)c3)c(CC)c2CC)c1CC. The zero-order valence-electron chi connectivity index (χ0n) is 37.5. The molecule has 0 bridgehead atoms. The molecule has 0 saturated heterocycles. The van der Waals surface area contributed by atoms with Crippen LogP contribution in [0, 0.1) is 23.7 Å². The average molecular weight is 827 g/mol. The lowest BCUT2D eigenvalue weighted by Gasteiger charge is -2.05. The van der Waals surface area contributed by atoms with Crippen LogP contribution in [0.4, 0.5) is 0 Å². The molecule has 8 nitrogen and oxygen atoms in total. The number of carbonyl (C=O) groups excluding carboxylic acids is 4. The normalized spacial score (nSPS) is 10.9. The number of carbonyl (C=O) groups is 4. The first-order chi connectivity index (χ1) is 30.0. The Hall–Kier alpha value is -6.64. The minimum Gasteiger partial charge on any atom is -0.358 e. The molecule has 0 saturated carbocycles. The second kappa shape index (κ2) is 20.3. The van der Waals surface area contributed by atoms with Crippen molar-refractivity contribution in [2.45, 2.75) is 120 Å². The lowest BCUT2D eigenvalue weighted by molar-refractivity contribution is 0.0872. The third kappa shape index (κ3) is 9.16. The van der Waals surface area contributed by atoms with E-state index in [4.69, 9.17) is 0 Å².